The minimum absolute atomic E-state index is 0.323. The third-order valence-corrected chi connectivity index (χ3v) is 1.79. The predicted octanol–water partition coefficient (Wildman–Crippen LogP) is 1.02. The van der Waals surface area contributed by atoms with E-state index in [4.69, 9.17) is 0 Å². The summed E-state index contributed by atoms with van der Waals surface area (Å²) in [6, 6.07) is 0.512. The van der Waals surface area contributed by atoms with Gasteiger partial charge in [-0.2, -0.15) is 0 Å². The number of amides is 1. The monoisotopic (exact) mass is 127 g/mol. The SMILES string of the molecule is CCCN1C(=O)CC1C. The van der Waals surface area contributed by atoms with Gasteiger partial charge in [0, 0.05) is 19.0 Å². The summed E-state index contributed by atoms with van der Waals surface area (Å²) in [7, 11) is 0. The second-order valence-electron chi connectivity index (χ2n) is 2.64. The Morgan fingerprint density at radius 1 is 1.78 bits per heavy atom. The Balaban J connectivity index is 2.30. The van der Waals surface area contributed by atoms with Gasteiger partial charge in [0.1, 0.15) is 0 Å². The summed E-state index contributed by atoms with van der Waals surface area (Å²) in [5.41, 5.74) is 0. The molecule has 0 aliphatic carbocycles. The van der Waals surface area contributed by atoms with E-state index in [1.54, 1.807) is 0 Å². The number of nitrogens with zero attached hydrogens (tertiary/aromatic N) is 1. The lowest BCUT2D eigenvalue weighted by molar-refractivity contribution is -0.144. The average Bonchev–Trinajstić information content (AvgIpc) is 1.84. The van der Waals surface area contributed by atoms with Gasteiger partial charge in [0.25, 0.3) is 0 Å². The lowest BCUT2D eigenvalue weighted by Gasteiger charge is -2.37. The van der Waals surface area contributed by atoms with Crippen molar-refractivity contribution in [1.82, 2.24) is 4.90 Å². The van der Waals surface area contributed by atoms with Gasteiger partial charge in [-0.05, 0) is 13.3 Å². The number of hydrogen-bond donors (Lipinski definition) is 0. The predicted molar refractivity (Wildman–Crippen MR) is 36.1 cm³/mol. The summed E-state index contributed by atoms with van der Waals surface area (Å²) in [6.45, 7) is 5.13. The molecule has 1 aliphatic heterocycles. The number of β-lactam (4-membered cyclic amide) rings is 1. The molecule has 2 heteroatoms. The van der Waals surface area contributed by atoms with Crippen LogP contribution in [0.2, 0.25) is 0 Å². The first kappa shape index (κ1) is 6.59. The zero-order valence-corrected chi connectivity index (χ0v) is 6.05. The molecule has 0 N–H and O–H groups in total. The third-order valence-electron chi connectivity index (χ3n) is 1.79. The molecule has 2 nitrogen and oxygen atoms in total. The Labute approximate surface area is 55.8 Å². The summed E-state index contributed by atoms with van der Waals surface area (Å²) < 4.78 is 0. The first-order valence-corrected chi connectivity index (χ1v) is 3.55. The van der Waals surface area contributed by atoms with Crippen LogP contribution in [-0.4, -0.2) is 23.4 Å². The van der Waals surface area contributed by atoms with Crippen molar-refractivity contribution in [2.45, 2.75) is 32.7 Å². The summed E-state index contributed by atoms with van der Waals surface area (Å²) in [6.07, 6.45) is 1.84. The lowest BCUT2D eigenvalue weighted by Crippen LogP contribution is -2.50. The van der Waals surface area contributed by atoms with Crippen LogP contribution in [0.25, 0.3) is 0 Å². The molecular weight excluding hydrogens is 114 g/mol. The zero-order valence-electron chi connectivity index (χ0n) is 6.05. The number of carbonyl (C=O) groups is 1. The molecule has 52 valence electrons. The van der Waals surface area contributed by atoms with Gasteiger partial charge in [0.15, 0.2) is 0 Å². The minimum Gasteiger partial charge on any atom is -0.339 e. The molecular formula is C7H13NO. The fraction of sp³-hybridized carbons (Fsp3) is 0.857. The third kappa shape index (κ3) is 1.07. The second kappa shape index (κ2) is 2.38. The molecule has 0 aromatic rings. The molecule has 0 radical (unpaired) electrons. The molecule has 9 heavy (non-hydrogen) atoms. The van der Waals surface area contributed by atoms with Gasteiger partial charge < -0.3 is 4.90 Å². The molecule has 0 spiro atoms. The molecule has 1 saturated heterocycles. The Morgan fingerprint density at radius 2 is 2.44 bits per heavy atom. The average molecular weight is 127 g/mol. The molecule has 1 heterocycles. The van der Waals surface area contributed by atoms with E-state index in [0.29, 0.717) is 11.9 Å². The van der Waals surface area contributed by atoms with Crippen molar-refractivity contribution in [3.05, 3.63) is 0 Å². The van der Waals surface area contributed by atoms with Crippen LogP contribution < -0.4 is 0 Å². The molecule has 0 aromatic carbocycles. The largest absolute Gasteiger partial charge is 0.339 e. The van der Waals surface area contributed by atoms with Gasteiger partial charge in [0.05, 0.1) is 0 Å². The van der Waals surface area contributed by atoms with Crippen molar-refractivity contribution in [3.8, 4) is 0 Å². The summed E-state index contributed by atoms with van der Waals surface area (Å²) in [4.78, 5) is 12.7. The first-order valence-electron chi connectivity index (χ1n) is 3.55. The van der Waals surface area contributed by atoms with E-state index >= 15 is 0 Å². The molecule has 1 aliphatic rings. The van der Waals surface area contributed by atoms with Crippen LogP contribution in [0.15, 0.2) is 0 Å². The first-order chi connectivity index (χ1) is 4.25. The van der Waals surface area contributed by atoms with Gasteiger partial charge in [-0.3, -0.25) is 4.79 Å². The van der Waals surface area contributed by atoms with Crippen LogP contribution in [0.4, 0.5) is 0 Å². The van der Waals surface area contributed by atoms with Gasteiger partial charge in [-0.1, -0.05) is 6.92 Å². The molecule has 0 aromatic heterocycles. The molecule has 0 bridgehead atoms. The van der Waals surface area contributed by atoms with Crippen molar-refractivity contribution >= 4 is 5.91 Å². The van der Waals surface area contributed by atoms with Crippen LogP contribution in [0.1, 0.15) is 26.7 Å². The van der Waals surface area contributed by atoms with Crippen LogP contribution in [0, 0.1) is 0 Å². The number of carbonyl (C=O) groups excluding carboxylic acids is 1. The maximum atomic E-state index is 10.8. The van der Waals surface area contributed by atoms with Crippen molar-refractivity contribution < 1.29 is 4.79 Å². The highest BCUT2D eigenvalue weighted by Gasteiger charge is 2.30. The van der Waals surface area contributed by atoms with Gasteiger partial charge in [-0.15, -0.1) is 0 Å². The maximum Gasteiger partial charge on any atom is 0.224 e. The summed E-state index contributed by atoms with van der Waals surface area (Å²) >= 11 is 0. The maximum absolute atomic E-state index is 10.8. The van der Waals surface area contributed by atoms with E-state index in [2.05, 4.69) is 13.8 Å². The van der Waals surface area contributed by atoms with Crippen LogP contribution >= 0.6 is 0 Å². The Kier molecular flexibility index (Phi) is 1.74. The number of hydrogen-bond acceptors (Lipinski definition) is 1. The molecule has 1 rings (SSSR count). The highest BCUT2D eigenvalue weighted by atomic mass is 16.2. The highest BCUT2D eigenvalue weighted by Crippen LogP contribution is 2.17. The van der Waals surface area contributed by atoms with E-state index < -0.39 is 0 Å². The van der Waals surface area contributed by atoms with Gasteiger partial charge in [-0.25, -0.2) is 0 Å². The minimum atomic E-state index is 0.323. The van der Waals surface area contributed by atoms with Crippen molar-refractivity contribution in [3.63, 3.8) is 0 Å². The molecule has 1 atom stereocenters. The van der Waals surface area contributed by atoms with E-state index in [0.717, 1.165) is 19.4 Å². The molecule has 1 amide bonds. The van der Waals surface area contributed by atoms with Crippen LogP contribution in [0.3, 0.4) is 0 Å². The van der Waals surface area contributed by atoms with E-state index in [1.165, 1.54) is 0 Å². The molecule has 1 unspecified atom stereocenters. The number of likely N-dealkylation sites (tertiary alicyclic amines) is 1. The normalized spacial score (nSPS) is 26.2. The number of rotatable bonds is 2. The Hall–Kier alpha value is -0.530. The fourth-order valence-corrected chi connectivity index (χ4v) is 1.20. The van der Waals surface area contributed by atoms with E-state index in [1.807, 2.05) is 4.90 Å². The fourth-order valence-electron chi connectivity index (χ4n) is 1.20. The van der Waals surface area contributed by atoms with E-state index in [9.17, 15) is 4.79 Å². The lowest BCUT2D eigenvalue weighted by atomic mass is 10.0. The van der Waals surface area contributed by atoms with Gasteiger partial charge >= 0.3 is 0 Å². The summed E-state index contributed by atoms with van der Waals surface area (Å²) in [5.74, 6) is 0.323. The van der Waals surface area contributed by atoms with Crippen molar-refractivity contribution in [1.29, 1.82) is 0 Å². The van der Waals surface area contributed by atoms with E-state index in [-0.39, 0.29) is 0 Å². The van der Waals surface area contributed by atoms with Crippen molar-refractivity contribution in [2.24, 2.45) is 0 Å². The van der Waals surface area contributed by atoms with Crippen molar-refractivity contribution in [2.75, 3.05) is 6.54 Å². The second-order valence-corrected chi connectivity index (χ2v) is 2.64. The standard InChI is InChI=1S/C7H13NO/c1-3-4-8-6(2)5-7(8)9/h6H,3-5H2,1-2H3. The topological polar surface area (TPSA) is 20.3 Å². The Morgan fingerprint density at radius 3 is 2.67 bits per heavy atom. The zero-order chi connectivity index (χ0) is 6.85. The van der Waals surface area contributed by atoms with Crippen LogP contribution in [0.5, 0.6) is 0 Å². The quantitative estimate of drug-likeness (QED) is 0.507. The Bertz CT molecular complexity index is 122. The molecule has 1 fully saturated rings. The van der Waals surface area contributed by atoms with Crippen LogP contribution in [-0.2, 0) is 4.79 Å². The van der Waals surface area contributed by atoms with Gasteiger partial charge in [0.2, 0.25) is 5.91 Å². The smallest absolute Gasteiger partial charge is 0.224 e. The summed E-state index contributed by atoms with van der Waals surface area (Å²) in [5, 5.41) is 0. The highest BCUT2D eigenvalue weighted by molar-refractivity contribution is 5.82. The molecule has 0 saturated carbocycles.